The average molecular weight is 368 g/mol. The van der Waals surface area contributed by atoms with Crippen LogP contribution in [0.3, 0.4) is 0 Å². The Labute approximate surface area is 156 Å². The Balaban J connectivity index is 2.31. The third-order valence-corrected chi connectivity index (χ3v) is 4.29. The Morgan fingerprint density at radius 2 is 1.81 bits per heavy atom. The van der Waals surface area contributed by atoms with Crippen molar-refractivity contribution in [2.24, 2.45) is 0 Å². The van der Waals surface area contributed by atoms with Gasteiger partial charge in [-0.25, -0.2) is 4.79 Å². The maximum atomic E-state index is 13.1. The number of ether oxygens (including phenoxy) is 2. The molecule has 0 radical (unpaired) electrons. The first-order valence-corrected chi connectivity index (χ1v) is 8.43. The van der Waals surface area contributed by atoms with Crippen LogP contribution in [0, 0.1) is 13.8 Å². The summed E-state index contributed by atoms with van der Waals surface area (Å²) in [5.74, 6) is -0.450. The summed E-state index contributed by atoms with van der Waals surface area (Å²) in [7, 11) is 1.56. The standard InChI is InChI=1S/C21H20O6/c1-11-9-12(2)17-16(10-11)27-19(14-5-7-15(25-4)8-6-14)20(18(17)22)26-13(3)21(23)24/h5-10,13H,1-4H3,(H,23,24). The molecular formula is C21H20O6. The monoisotopic (exact) mass is 368 g/mol. The van der Waals surface area contributed by atoms with Gasteiger partial charge in [-0.2, -0.15) is 0 Å². The van der Waals surface area contributed by atoms with Gasteiger partial charge in [-0.15, -0.1) is 0 Å². The van der Waals surface area contributed by atoms with E-state index in [4.69, 9.17) is 13.9 Å². The Morgan fingerprint density at radius 1 is 1.15 bits per heavy atom. The van der Waals surface area contributed by atoms with Crippen LogP contribution in [0.5, 0.6) is 11.5 Å². The van der Waals surface area contributed by atoms with Crippen molar-refractivity contribution in [2.45, 2.75) is 26.9 Å². The highest BCUT2D eigenvalue weighted by atomic mass is 16.5. The Bertz CT molecular complexity index is 1060. The van der Waals surface area contributed by atoms with E-state index in [1.165, 1.54) is 6.92 Å². The summed E-state index contributed by atoms with van der Waals surface area (Å²) in [4.78, 5) is 24.4. The van der Waals surface area contributed by atoms with E-state index in [1.807, 2.05) is 19.9 Å². The molecule has 6 heteroatoms. The second-order valence-corrected chi connectivity index (χ2v) is 6.37. The zero-order valence-corrected chi connectivity index (χ0v) is 15.5. The summed E-state index contributed by atoms with van der Waals surface area (Å²) in [5.41, 5.74) is 2.32. The van der Waals surface area contributed by atoms with Crippen molar-refractivity contribution in [1.29, 1.82) is 0 Å². The highest BCUT2D eigenvalue weighted by molar-refractivity contribution is 5.85. The summed E-state index contributed by atoms with van der Waals surface area (Å²) in [6.07, 6.45) is -1.20. The van der Waals surface area contributed by atoms with Crippen LogP contribution >= 0.6 is 0 Å². The first-order chi connectivity index (χ1) is 12.8. The molecule has 0 aliphatic carbocycles. The lowest BCUT2D eigenvalue weighted by Gasteiger charge is -2.15. The molecule has 0 aliphatic rings. The van der Waals surface area contributed by atoms with Gasteiger partial charge in [0.1, 0.15) is 11.3 Å². The van der Waals surface area contributed by atoms with Gasteiger partial charge in [-0.3, -0.25) is 4.79 Å². The van der Waals surface area contributed by atoms with E-state index in [9.17, 15) is 14.7 Å². The fourth-order valence-corrected chi connectivity index (χ4v) is 2.94. The summed E-state index contributed by atoms with van der Waals surface area (Å²) in [6.45, 7) is 5.09. The number of rotatable bonds is 5. The second kappa shape index (κ2) is 7.15. The molecule has 0 spiro atoms. The number of hydrogen-bond acceptors (Lipinski definition) is 5. The van der Waals surface area contributed by atoms with Gasteiger partial charge in [0.25, 0.3) is 0 Å². The topological polar surface area (TPSA) is 86.0 Å². The van der Waals surface area contributed by atoms with Crippen LogP contribution in [0.1, 0.15) is 18.1 Å². The van der Waals surface area contributed by atoms with Crippen molar-refractivity contribution in [1.82, 2.24) is 0 Å². The lowest BCUT2D eigenvalue weighted by molar-refractivity contribution is -0.144. The van der Waals surface area contributed by atoms with Gasteiger partial charge in [-0.1, -0.05) is 6.07 Å². The normalized spacial score (nSPS) is 12.0. The SMILES string of the molecule is COc1ccc(-c2oc3cc(C)cc(C)c3c(=O)c2OC(C)C(=O)O)cc1. The van der Waals surface area contributed by atoms with Crippen LogP contribution in [-0.2, 0) is 4.79 Å². The van der Waals surface area contributed by atoms with Gasteiger partial charge in [0.15, 0.2) is 11.9 Å². The first-order valence-electron chi connectivity index (χ1n) is 8.43. The van der Waals surface area contributed by atoms with E-state index in [0.717, 1.165) is 11.1 Å². The maximum absolute atomic E-state index is 13.1. The fraction of sp³-hybridized carbons (Fsp3) is 0.238. The quantitative estimate of drug-likeness (QED) is 0.734. The minimum atomic E-state index is -1.20. The van der Waals surface area contributed by atoms with E-state index >= 15 is 0 Å². The third kappa shape index (κ3) is 3.51. The number of methoxy groups -OCH3 is 1. The molecule has 0 aliphatic heterocycles. The minimum Gasteiger partial charge on any atom is -0.497 e. The van der Waals surface area contributed by atoms with Crippen molar-refractivity contribution in [2.75, 3.05) is 7.11 Å². The van der Waals surface area contributed by atoms with E-state index < -0.39 is 17.5 Å². The van der Waals surface area contributed by atoms with Crippen LogP contribution in [-0.4, -0.2) is 24.3 Å². The van der Waals surface area contributed by atoms with E-state index in [2.05, 4.69) is 0 Å². The van der Waals surface area contributed by atoms with Crippen LogP contribution in [0.25, 0.3) is 22.3 Å². The van der Waals surface area contributed by atoms with Crippen LogP contribution in [0.4, 0.5) is 0 Å². The molecular weight excluding hydrogens is 348 g/mol. The predicted molar refractivity (Wildman–Crippen MR) is 102 cm³/mol. The second-order valence-electron chi connectivity index (χ2n) is 6.37. The molecule has 0 fully saturated rings. The van der Waals surface area contributed by atoms with Crippen molar-refractivity contribution < 1.29 is 23.8 Å². The number of aryl methyl sites for hydroxylation is 2. The summed E-state index contributed by atoms with van der Waals surface area (Å²) >= 11 is 0. The maximum Gasteiger partial charge on any atom is 0.344 e. The number of carboxylic acid groups (broad SMARTS) is 1. The van der Waals surface area contributed by atoms with Gasteiger partial charge < -0.3 is 19.0 Å². The molecule has 3 rings (SSSR count). The Kier molecular flexibility index (Phi) is 4.90. The van der Waals surface area contributed by atoms with Crippen molar-refractivity contribution in [3.63, 3.8) is 0 Å². The Morgan fingerprint density at radius 3 is 2.41 bits per heavy atom. The molecule has 1 aromatic heterocycles. The number of fused-ring (bicyclic) bond motifs is 1. The summed E-state index contributed by atoms with van der Waals surface area (Å²) in [5, 5.41) is 9.57. The molecule has 0 bridgehead atoms. The van der Waals surface area contributed by atoms with Crippen LogP contribution in [0.2, 0.25) is 0 Å². The smallest absolute Gasteiger partial charge is 0.344 e. The number of hydrogen-bond donors (Lipinski definition) is 1. The predicted octanol–water partition coefficient (Wildman–Crippen LogP) is 3.94. The lowest BCUT2D eigenvalue weighted by Crippen LogP contribution is -2.26. The van der Waals surface area contributed by atoms with Crippen molar-refractivity contribution in [3.8, 4) is 22.8 Å². The largest absolute Gasteiger partial charge is 0.497 e. The van der Waals surface area contributed by atoms with Crippen molar-refractivity contribution in [3.05, 3.63) is 57.7 Å². The highest BCUT2D eigenvalue weighted by Crippen LogP contribution is 2.33. The highest BCUT2D eigenvalue weighted by Gasteiger charge is 2.23. The number of carbonyl (C=O) groups is 1. The van der Waals surface area contributed by atoms with Gasteiger partial charge in [0.05, 0.1) is 12.5 Å². The molecule has 1 atom stereocenters. The lowest BCUT2D eigenvalue weighted by atomic mass is 10.0. The number of aliphatic carboxylic acids is 1. The van der Waals surface area contributed by atoms with Gasteiger partial charge in [0, 0.05) is 5.56 Å². The van der Waals surface area contributed by atoms with E-state index in [-0.39, 0.29) is 11.5 Å². The average Bonchev–Trinajstić information content (AvgIpc) is 2.63. The van der Waals surface area contributed by atoms with Crippen LogP contribution < -0.4 is 14.9 Å². The summed E-state index contributed by atoms with van der Waals surface area (Å²) < 4.78 is 16.7. The molecule has 1 unspecified atom stereocenters. The van der Waals surface area contributed by atoms with Gasteiger partial charge in [0.2, 0.25) is 11.2 Å². The van der Waals surface area contributed by atoms with Gasteiger partial charge in [-0.05, 0) is 62.2 Å². The molecule has 140 valence electrons. The molecule has 3 aromatic rings. The van der Waals surface area contributed by atoms with E-state index in [0.29, 0.717) is 22.3 Å². The minimum absolute atomic E-state index is 0.116. The zero-order valence-electron chi connectivity index (χ0n) is 15.5. The molecule has 0 saturated heterocycles. The molecule has 6 nitrogen and oxygen atoms in total. The molecule has 1 N–H and O–H groups in total. The molecule has 2 aromatic carbocycles. The molecule has 1 heterocycles. The van der Waals surface area contributed by atoms with E-state index in [1.54, 1.807) is 37.4 Å². The molecule has 27 heavy (non-hydrogen) atoms. The number of carboxylic acids is 1. The fourth-order valence-electron chi connectivity index (χ4n) is 2.94. The third-order valence-electron chi connectivity index (χ3n) is 4.29. The van der Waals surface area contributed by atoms with Gasteiger partial charge >= 0.3 is 5.97 Å². The number of benzene rings is 2. The zero-order chi connectivity index (χ0) is 19.7. The summed E-state index contributed by atoms with van der Waals surface area (Å²) in [6, 6.07) is 10.6. The molecule has 0 amide bonds. The first kappa shape index (κ1) is 18.5. The van der Waals surface area contributed by atoms with Crippen LogP contribution in [0.15, 0.2) is 45.6 Å². The Hall–Kier alpha value is -3.28. The van der Waals surface area contributed by atoms with Crippen molar-refractivity contribution >= 4 is 16.9 Å². The molecule has 0 saturated carbocycles.